The first-order chi connectivity index (χ1) is 23.9. The summed E-state index contributed by atoms with van der Waals surface area (Å²) >= 11 is 1.46. The van der Waals surface area contributed by atoms with Gasteiger partial charge in [-0.1, -0.05) is 5.21 Å². The Hall–Kier alpha value is -4.30. The van der Waals surface area contributed by atoms with Gasteiger partial charge in [0, 0.05) is 45.7 Å². The second-order valence-corrected chi connectivity index (χ2v) is 12.6. The molecule has 2 aliphatic rings. The summed E-state index contributed by atoms with van der Waals surface area (Å²) in [6, 6.07) is 0. The van der Waals surface area contributed by atoms with Crippen LogP contribution >= 0.6 is 11.3 Å². The quantitative estimate of drug-likeness (QED) is 0.180. The zero-order valence-corrected chi connectivity index (χ0v) is 29.4. The summed E-state index contributed by atoms with van der Waals surface area (Å²) < 4.78 is 36.3. The van der Waals surface area contributed by atoms with Crippen molar-refractivity contribution in [3.8, 4) is 0 Å². The van der Waals surface area contributed by atoms with E-state index in [4.69, 9.17) is 38.2 Å². The number of fused-ring (bicyclic) bond motifs is 3. The minimum absolute atomic E-state index is 0.0504. The van der Waals surface area contributed by atoms with Gasteiger partial charge in [0.25, 0.3) is 5.56 Å². The average molecular weight is 721 g/mol. The monoisotopic (exact) mass is 720 g/mol. The van der Waals surface area contributed by atoms with Crippen LogP contribution in [-0.4, -0.2) is 104 Å². The first-order valence-corrected chi connectivity index (χ1v) is 16.9. The molecule has 0 N–H and O–H groups in total. The highest BCUT2D eigenvalue weighted by Gasteiger charge is 2.53. The molecule has 19 heteroatoms. The number of thiophene rings is 1. The third-order valence-corrected chi connectivity index (χ3v) is 8.97. The first-order valence-electron chi connectivity index (χ1n) is 16.1. The molecular formula is C31H40N6O12S. The number of nitrogens with zero attached hydrogens (tertiary/aromatic N) is 6. The van der Waals surface area contributed by atoms with Gasteiger partial charge in [-0.15, -0.1) is 16.4 Å². The SMILES string of the molecule is CCOCc1nc2sc3c(c2c(=O)n1Cc1cn([C@@H]2O[C@H](COC(C)=O)[C@H](OC(C)=O)[C@H](OC(C)=O)[C@H]2OC(C)=O)nn1)CCN(OCC)C3. The molecule has 5 rings (SSSR count). The zero-order valence-electron chi connectivity index (χ0n) is 28.6. The summed E-state index contributed by atoms with van der Waals surface area (Å²) in [5.74, 6) is -2.51. The van der Waals surface area contributed by atoms with E-state index < -0.39 is 61.1 Å². The lowest BCUT2D eigenvalue weighted by atomic mass is 9.97. The maximum atomic E-state index is 14.1. The standard InChI is InChI=1S/C31H40N6O12S/c1-7-43-15-24-32-29-25(21-9-10-35(45-8-2)13-23(21)50-29)30(42)36(24)11-20-12-37(34-33-20)31-28(48-19(6)41)27(47-18(5)40)26(46-17(4)39)22(49-31)14-44-16(3)38/h12,22,26-28,31H,7-11,13-15H2,1-6H3/t22-,26+,27+,28-,31-/m1/s1. The fraction of sp³-hybridized carbons (Fsp3) is 0.613. The normalized spacial score (nSPS) is 22.2. The van der Waals surface area contributed by atoms with E-state index in [1.807, 2.05) is 18.9 Å². The van der Waals surface area contributed by atoms with Crippen molar-refractivity contribution in [2.45, 2.75) is 98.3 Å². The molecule has 50 heavy (non-hydrogen) atoms. The highest BCUT2D eigenvalue weighted by Crippen LogP contribution is 2.35. The number of hydroxylamine groups is 2. The van der Waals surface area contributed by atoms with Crippen LogP contribution in [0.2, 0.25) is 0 Å². The van der Waals surface area contributed by atoms with Crippen molar-refractivity contribution in [2.24, 2.45) is 0 Å². The molecule has 0 aromatic carbocycles. The highest BCUT2D eigenvalue weighted by molar-refractivity contribution is 7.18. The van der Waals surface area contributed by atoms with Crippen LogP contribution in [-0.2, 0) is 78.6 Å². The van der Waals surface area contributed by atoms with Gasteiger partial charge >= 0.3 is 23.9 Å². The Morgan fingerprint density at radius 2 is 1.66 bits per heavy atom. The molecule has 272 valence electrons. The van der Waals surface area contributed by atoms with Gasteiger partial charge in [-0.3, -0.25) is 33.4 Å². The van der Waals surface area contributed by atoms with Crippen LogP contribution in [0.25, 0.3) is 10.2 Å². The minimum Gasteiger partial charge on any atom is -0.463 e. The van der Waals surface area contributed by atoms with Crippen molar-refractivity contribution in [1.82, 2.24) is 29.6 Å². The van der Waals surface area contributed by atoms with E-state index in [0.29, 0.717) is 54.5 Å². The molecule has 1 fully saturated rings. The van der Waals surface area contributed by atoms with Crippen molar-refractivity contribution in [1.29, 1.82) is 0 Å². The molecule has 2 aliphatic heterocycles. The molecule has 0 unspecified atom stereocenters. The third kappa shape index (κ3) is 8.35. The molecule has 0 bridgehead atoms. The van der Waals surface area contributed by atoms with Gasteiger partial charge in [0.2, 0.25) is 0 Å². The van der Waals surface area contributed by atoms with E-state index in [1.54, 1.807) is 0 Å². The predicted molar refractivity (Wildman–Crippen MR) is 171 cm³/mol. The zero-order chi connectivity index (χ0) is 36.1. The Labute approximate surface area is 290 Å². The van der Waals surface area contributed by atoms with E-state index in [9.17, 15) is 24.0 Å². The van der Waals surface area contributed by atoms with Gasteiger partial charge in [0.1, 0.15) is 35.7 Å². The molecule has 5 atom stereocenters. The van der Waals surface area contributed by atoms with E-state index in [-0.39, 0.29) is 18.7 Å². The Balaban J connectivity index is 1.52. The second-order valence-electron chi connectivity index (χ2n) is 11.6. The Morgan fingerprint density at radius 3 is 2.32 bits per heavy atom. The highest BCUT2D eigenvalue weighted by atomic mass is 32.1. The van der Waals surface area contributed by atoms with E-state index in [1.165, 1.54) is 33.7 Å². The molecular weight excluding hydrogens is 680 g/mol. The van der Waals surface area contributed by atoms with Gasteiger partial charge in [0.15, 0.2) is 24.5 Å². The van der Waals surface area contributed by atoms with E-state index >= 15 is 0 Å². The number of carbonyl (C=O) groups excluding carboxylic acids is 4. The molecule has 3 aromatic rings. The molecule has 18 nitrogen and oxygen atoms in total. The van der Waals surface area contributed by atoms with Gasteiger partial charge < -0.3 is 28.4 Å². The maximum Gasteiger partial charge on any atom is 0.303 e. The van der Waals surface area contributed by atoms with E-state index in [0.717, 1.165) is 31.2 Å². The summed E-state index contributed by atoms with van der Waals surface area (Å²) in [5.41, 5.74) is 0.996. The lowest BCUT2D eigenvalue weighted by Gasteiger charge is -2.44. The van der Waals surface area contributed by atoms with Gasteiger partial charge in [0.05, 0.1) is 31.3 Å². The molecule has 0 aliphatic carbocycles. The Kier molecular flexibility index (Phi) is 11.9. The van der Waals surface area contributed by atoms with Crippen LogP contribution in [0.4, 0.5) is 0 Å². The van der Waals surface area contributed by atoms with Crippen LogP contribution in [0.3, 0.4) is 0 Å². The number of ether oxygens (including phenoxy) is 6. The van der Waals surface area contributed by atoms with Crippen molar-refractivity contribution < 1.29 is 52.4 Å². The van der Waals surface area contributed by atoms with Crippen LogP contribution in [0.5, 0.6) is 0 Å². The van der Waals surface area contributed by atoms with Gasteiger partial charge in [-0.05, 0) is 25.8 Å². The first kappa shape index (κ1) is 37.0. The van der Waals surface area contributed by atoms with Gasteiger partial charge in [-0.25, -0.2) is 9.67 Å². The lowest BCUT2D eigenvalue weighted by Crippen LogP contribution is -2.60. The average Bonchev–Trinajstić information content (AvgIpc) is 3.66. The van der Waals surface area contributed by atoms with Crippen LogP contribution in [0.15, 0.2) is 11.0 Å². The van der Waals surface area contributed by atoms with Crippen molar-refractivity contribution in [2.75, 3.05) is 26.4 Å². The Morgan fingerprint density at radius 1 is 0.960 bits per heavy atom. The molecule has 5 heterocycles. The number of hydrogen-bond acceptors (Lipinski definition) is 17. The van der Waals surface area contributed by atoms with Crippen LogP contribution in [0, 0.1) is 0 Å². The topological polar surface area (TPSA) is 202 Å². The largest absolute Gasteiger partial charge is 0.463 e. The smallest absolute Gasteiger partial charge is 0.303 e. The number of rotatable bonds is 13. The minimum atomic E-state index is -1.39. The number of hydrogen-bond donors (Lipinski definition) is 0. The molecule has 0 amide bonds. The number of aromatic nitrogens is 5. The summed E-state index contributed by atoms with van der Waals surface area (Å²) in [6.45, 7) is 10.1. The molecule has 0 saturated carbocycles. The third-order valence-electron chi connectivity index (χ3n) is 7.86. The van der Waals surface area contributed by atoms with Crippen LogP contribution in [0.1, 0.15) is 69.7 Å². The Bertz CT molecular complexity index is 1790. The number of carbonyl (C=O) groups is 4. The fourth-order valence-electron chi connectivity index (χ4n) is 5.94. The van der Waals surface area contributed by atoms with Crippen LogP contribution < -0.4 is 5.56 Å². The predicted octanol–water partition coefficient (Wildman–Crippen LogP) is 1.20. The van der Waals surface area contributed by atoms with Crippen molar-refractivity contribution >= 4 is 45.4 Å². The second kappa shape index (κ2) is 16.2. The van der Waals surface area contributed by atoms with Gasteiger partial charge in [-0.2, -0.15) is 5.06 Å². The summed E-state index contributed by atoms with van der Waals surface area (Å²) in [4.78, 5) is 74.6. The molecule has 0 radical (unpaired) electrons. The molecule has 0 spiro atoms. The van der Waals surface area contributed by atoms with Crippen molar-refractivity contribution in [3.63, 3.8) is 0 Å². The molecule has 1 saturated heterocycles. The summed E-state index contributed by atoms with van der Waals surface area (Å²) in [6.07, 6.45) is -4.47. The fourth-order valence-corrected chi connectivity index (χ4v) is 7.18. The summed E-state index contributed by atoms with van der Waals surface area (Å²) in [7, 11) is 0. The lowest BCUT2D eigenvalue weighted by molar-refractivity contribution is -0.270. The summed E-state index contributed by atoms with van der Waals surface area (Å²) in [5, 5.41) is 10.9. The van der Waals surface area contributed by atoms with E-state index in [2.05, 4.69) is 10.3 Å². The maximum absolute atomic E-state index is 14.1. The number of esters is 4. The molecule has 3 aromatic heterocycles. The van der Waals surface area contributed by atoms with Crippen molar-refractivity contribution in [3.05, 3.63) is 38.5 Å².